The Labute approximate surface area is 111 Å². The highest BCUT2D eigenvalue weighted by Gasteiger charge is 2.08. The van der Waals surface area contributed by atoms with Gasteiger partial charge in [-0.15, -0.1) is 0 Å². The highest BCUT2D eigenvalue weighted by Crippen LogP contribution is 2.10. The first-order valence-electron chi connectivity index (χ1n) is 6.18. The molecule has 0 bridgehead atoms. The van der Waals surface area contributed by atoms with Crippen LogP contribution in [0.5, 0.6) is 0 Å². The van der Waals surface area contributed by atoms with E-state index in [1.54, 1.807) is 24.5 Å². The van der Waals surface area contributed by atoms with E-state index in [9.17, 15) is 4.79 Å². The summed E-state index contributed by atoms with van der Waals surface area (Å²) in [6, 6.07) is 3.51. The summed E-state index contributed by atoms with van der Waals surface area (Å²) in [5, 5.41) is 5.91. The van der Waals surface area contributed by atoms with E-state index in [-0.39, 0.29) is 5.91 Å². The van der Waals surface area contributed by atoms with Gasteiger partial charge in [-0.05, 0) is 26.0 Å². The van der Waals surface area contributed by atoms with Gasteiger partial charge >= 0.3 is 0 Å². The third-order valence-electron chi connectivity index (χ3n) is 2.54. The molecule has 0 saturated carbocycles. The van der Waals surface area contributed by atoms with Crippen molar-refractivity contribution in [3.8, 4) is 0 Å². The summed E-state index contributed by atoms with van der Waals surface area (Å²) in [6.45, 7) is 5.00. The van der Waals surface area contributed by atoms with Crippen LogP contribution in [0.3, 0.4) is 0 Å². The molecule has 0 fully saturated rings. The number of aryl methyl sites for hydroxylation is 1. The molecule has 0 radical (unpaired) electrons. The van der Waals surface area contributed by atoms with Crippen LogP contribution in [-0.4, -0.2) is 27.4 Å². The van der Waals surface area contributed by atoms with Crippen LogP contribution >= 0.6 is 0 Å². The molecule has 2 heterocycles. The van der Waals surface area contributed by atoms with E-state index in [1.165, 1.54) is 0 Å². The molecule has 1 amide bonds. The minimum Gasteiger partial charge on any atom is -0.370 e. The highest BCUT2D eigenvalue weighted by atomic mass is 16.1. The number of rotatable bonds is 5. The summed E-state index contributed by atoms with van der Waals surface area (Å²) in [6.07, 6.45) is 3.38. The average molecular weight is 259 g/mol. The molecular weight excluding hydrogens is 242 g/mol. The van der Waals surface area contributed by atoms with Crippen LogP contribution in [0.4, 0.5) is 5.82 Å². The maximum absolute atomic E-state index is 12.0. The molecule has 2 rings (SSSR count). The van der Waals surface area contributed by atoms with E-state index in [2.05, 4.69) is 25.6 Å². The molecule has 0 atom stereocenters. The third kappa shape index (κ3) is 3.54. The number of imidazole rings is 1. The van der Waals surface area contributed by atoms with Gasteiger partial charge in [0.15, 0.2) is 0 Å². The molecule has 6 nitrogen and oxygen atoms in total. The van der Waals surface area contributed by atoms with E-state index in [4.69, 9.17) is 0 Å². The van der Waals surface area contributed by atoms with Crippen LogP contribution in [-0.2, 0) is 6.54 Å². The van der Waals surface area contributed by atoms with Crippen molar-refractivity contribution in [1.29, 1.82) is 0 Å². The molecule has 2 aromatic heterocycles. The topological polar surface area (TPSA) is 82.7 Å². The number of aromatic nitrogens is 3. The van der Waals surface area contributed by atoms with Gasteiger partial charge in [0.05, 0.1) is 6.54 Å². The third-order valence-corrected chi connectivity index (χ3v) is 2.54. The number of hydrogen-bond donors (Lipinski definition) is 3. The Morgan fingerprint density at radius 3 is 2.95 bits per heavy atom. The zero-order chi connectivity index (χ0) is 13.7. The molecule has 3 N–H and O–H groups in total. The van der Waals surface area contributed by atoms with E-state index in [1.807, 2.05) is 13.8 Å². The molecule has 0 unspecified atom stereocenters. The maximum atomic E-state index is 12.0. The Bertz CT molecular complexity index is 550. The van der Waals surface area contributed by atoms with E-state index in [0.29, 0.717) is 17.9 Å². The average Bonchev–Trinajstić information content (AvgIpc) is 2.88. The van der Waals surface area contributed by atoms with Gasteiger partial charge in [-0.3, -0.25) is 4.79 Å². The smallest absolute Gasteiger partial charge is 0.251 e. The van der Waals surface area contributed by atoms with Gasteiger partial charge in [-0.25, -0.2) is 9.97 Å². The number of nitrogens with zero attached hydrogens (tertiary/aromatic N) is 2. The standard InChI is InChI=1S/C13H17N5O/c1-3-14-11-7-10(6-9(2)18-11)13(19)17-8-12-15-4-5-16-12/h4-7H,3,8H2,1-2H3,(H,14,18)(H,15,16)(H,17,19). The normalized spacial score (nSPS) is 10.2. The molecule has 2 aromatic rings. The summed E-state index contributed by atoms with van der Waals surface area (Å²) in [7, 11) is 0. The van der Waals surface area contributed by atoms with E-state index in [0.717, 1.165) is 18.1 Å². The van der Waals surface area contributed by atoms with Crippen LogP contribution in [0.1, 0.15) is 28.8 Å². The Hall–Kier alpha value is -2.37. The first kappa shape index (κ1) is 13.1. The summed E-state index contributed by atoms with van der Waals surface area (Å²) in [5.74, 6) is 1.30. The van der Waals surface area contributed by atoms with Gasteiger partial charge in [-0.2, -0.15) is 0 Å². The number of hydrogen-bond acceptors (Lipinski definition) is 4. The predicted octanol–water partition coefficient (Wildman–Crippen LogP) is 1.47. The van der Waals surface area contributed by atoms with Crippen molar-refractivity contribution in [3.05, 3.63) is 41.6 Å². The number of pyridine rings is 1. The number of carbonyl (C=O) groups excluding carboxylic acids is 1. The van der Waals surface area contributed by atoms with Crippen molar-refractivity contribution in [2.75, 3.05) is 11.9 Å². The van der Waals surface area contributed by atoms with Crippen molar-refractivity contribution in [3.63, 3.8) is 0 Å². The fraction of sp³-hybridized carbons (Fsp3) is 0.308. The second-order valence-corrected chi connectivity index (χ2v) is 4.13. The quantitative estimate of drug-likeness (QED) is 0.759. The Kier molecular flexibility index (Phi) is 4.12. The molecule has 6 heteroatoms. The van der Waals surface area contributed by atoms with Crippen molar-refractivity contribution >= 4 is 11.7 Å². The molecule has 19 heavy (non-hydrogen) atoms. The summed E-state index contributed by atoms with van der Waals surface area (Å²) >= 11 is 0. The van der Waals surface area contributed by atoms with Crippen molar-refractivity contribution in [2.24, 2.45) is 0 Å². The number of amides is 1. The van der Waals surface area contributed by atoms with Gasteiger partial charge in [-0.1, -0.05) is 0 Å². The van der Waals surface area contributed by atoms with Gasteiger partial charge in [0, 0.05) is 30.2 Å². The lowest BCUT2D eigenvalue weighted by Crippen LogP contribution is -2.23. The minimum absolute atomic E-state index is 0.138. The van der Waals surface area contributed by atoms with Crippen LogP contribution in [0.2, 0.25) is 0 Å². The number of anilines is 1. The number of carbonyl (C=O) groups is 1. The second-order valence-electron chi connectivity index (χ2n) is 4.13. The molecule has 0 aliphatic rings. The lowest BCUT2D eigenvalue weighted by atomic mass is 10.2. The summed E-state index contributed by atoms with van der Waals surface area (Å²) in [5.41, 5.74) is 1.40. The van der Waals surface area contributed by atoms with Gasteiger partial charge < -0.3 is 15.6 Å². The Balaban J connectivity index is 2.05. The first-order valence-corrected chi connectivity index (χ1v) is 6.18. The molecule has 0 spiro atoms. The number of H-pyrrole nitrogens is 1. The molecule has 0 aliphatic carbocycles. The monoisotopic (exact) mass is 259 g/mol. The molecule has 0 saturated heterocycles. The predicted molar refractivity (Wildman–Crippen MR) is 72.9 cm³/mol. The van der Waals surface area contributed by atoms with Crippen LogP contribution in [0.15, 0.2) is 24.5 Å². The van der Waals surface area contributed by atoms with E-state index < -0.39 is 0 Å². The van der Waals surface area contributed by atoms with Crippen molar-refractivity contribution in [1.82, 2.24) is 20.3 Å². The van der Waals surface area contributed by atoms with Gasteiger partial charge in [0.2, 0.25) is 0 Å². The zero-order valence-corrected chi connectivity index (χ0v) is 11.0. The summed E-state index contributed by atoms with van der Waals surface area (Å²) in [4.78, 5) is 23.3. The lowest BCUT2D eigenvalue weighted by Gasteiger charge is -2.08. The Morgan fingerprint density at radius 1 is 1.42 bits per heavy atom. The fourth-order valence-corrected chi connectivity index (χ4v) is 1.73. The largest absolute Gasteiger partial charge is 0.370 e. The summed E-state index contributed by atoms with van der Waals surface area (Å²) < 4.78 is 0. The fourth-order valence-electron chi connectivity index (χ4n) is 1.73. The maximum Gasteiger partial charge on any atom is 0.251 e. The number of aromatic amines is 1. The molecule has 100 valence electrons. The van der Waals surface area contributed by atoms with Crippen LogP contribution in [0, 0.1) is 6.92 Å². The van der Waals surface area contributed by atoms with E-state index >= 15 is 0 Å². The highest BCUT2D eigenvalue weighted by molar-refractivity contribution is 5.94. The number of nitrogens with one attached hydrogen (secondary N) is 3. The zero-order valence-electron chi connectivity index (χ0n) is 11.0. The van der Waals surface area contributed by atoms with Crippen molar-refractivity contribution < 1.29 is 4.79 Å². The first-order chi connectivity index (χ1) is 9.19. The molecule has 0 aromatic carbocycles. The van der Waals surface area contributed by atoms with Crippen molar-refractivity contribution in [2.45, 2.75) is 20.4 Å². The lowest BCUT2D eigenvalue weighted by molar-refractivity contribution is 0.0950. The van der Waals surface area contributed by atoms with Crippen LogP contribution < -0.4 is 10.6 Å². The molecule has 0 aliphatic heterocycles. The SMILES string of the molecule is CCNc1cc(C(=O)NCc2ncc[nH]2)cc(C)n1. The second kappa shape index (κ2) is 5.99. The minimum atomic E-state index is -0.138. The van der Waals surface area contributed by atoms with Gasteiger partial charge in [0.25, 0.3) is 5.91 Å². The molecular formula is C13H17N5O. The van der Waals surface area contributed by atoms with Gasteiger partial charge in [0.1, 0.15) is 11.6 Å². The van der Waals surface area contributed by atoms with Crippen LogP contribution in [0.25, 0.3) is 0 Å². The Morgan fingerprint density at radius 2 is 2.26 bits per heavy atom.